The molecule has 0 aromatic heterocycles. The van der Waals surface area contributed by atoms with Crippen LogP contribution in [0.5, 0.6) is 11.5 Å². The molecule has 0 saturated carbocycles. The van der Waals surface area contributed by atoms with E-state index in [1.54, 1.807) is 18.2 Å². The molecule has 2 aromatic rings. The topological polar surface area (TPSA) is 73.9 Å². The monoisotopic (exact) mass is 371 g/mol. The van der Waals surface area contributed by atoms with Crippen molar-refractivity contribution in [2.24, 2.45) is 0 Å². The van der Waals surface area contributed by atoms with Gasteiger partial charge in [-0.15, -0.1) is 0 Å². The summed E-state index contributed by atoms with van der Waals surface area (Å²) in [7, 11) is 0. The molecule has 0 heterocycles. The predicted octanol–water partition coefficient (Wildman–Crippen LogP) is 3.27. The lowest BCUT2D eigenvalue weighted by Crippen LogP contribution is -2.38. The predicted molar refractivity (Wildman–Crippen MR) is 102 cm³/mol. The van der Waals surface area contributed by atoms with Crippen molar-refractivity contribution in [2.45, 2.75) is 32.9 Å². The van der Waals surface area contributed by atoms with E-state index in [1.807, 2.05) is 50.2 Å². The smallest absolute Gasteiger partial charge is 0.344 e. The maximum Gasteiger partial charge on any atom is 0.344 e. The van der Waals surface area contributed by atoms with Gasteiger partial charge in [0, 0.05) is 0 Å². The van der Waals surface area contributed by atoms with Crippen LogP contribution in [0.15, 0.2) is 54.6 Å². The highest BCUT2D eigenvalue weighted by Crippen LogP contribution is 2.26. The van der Waals surface area contributed by atoms with Crippen LogP contribution in [0.1, 0.15) is 32.4 Å². The molecule has 6 nitrogen and oxygen atoms in total. The summed E-state index contributed by atoms with van der Waals surface area (Å²) < 4.78 is 16.0. The second-order valence-electron chi connectivity index (χ2n) is 5.94. The molecule has 1 amide bonds. The third-order valence-electron chi connectivity index (χ3n) is 3.83. The number of hydrogen-bond acceptors (Lipinski definition) is 5. The van der Waals surface area contributed by atoms with E-state index in [4.69, 9.17) is 14.2 Å². The van der Waals surface area contributed by atoms with Crippen molar-refractivity contribution < 1.29 is 23.8 Å². The van der Waals surface area contributed by atoms with E-state index in [9.17, 15) is 9.59 Å². The summed E-state index contributed by atoms with van der Waals surface area (Å²) in [6.07, 6.45) is -0.922. The number of amides is 1. The van der Waals surface area contributed by atoms with E-state index < -0.39 is 12.1 Å². The first-order valence-corrected chi connectivity index (χ1v) is 8.90. The van der Waals surface area contributed by atoms with E-state index in [0.29, 0.717) is 18.1 Å². The Hall–Kier alpha value is -3.02. The van der Waals surface area contributed by atoms with E-state index in [0.717, 1.165) is 5.56 Å². The molecule has 144 valence electrons. The van der Waals surface area contributed by atoms with Crippen LogP contribution < -0.4 is 14.8 Å². The van der Waals surface area contributed by atoms with Crippen molar-refractivity contribution in [3.63, 3.8) is 0 Å². The Kier molecular flexibility index (Phi) is 7.67. The molecule has 0 radical (unpaired) electrons. The molecule has 2 aromatic carbocycles. The number of esters is 1. The Morgan fingerprint density at radius 2 is 1.52 bits per heavy atom. The van der Waals surface area contributed by atoms with Gasteiger partial charge in [-0.25, -0.2) is 4.79 Å². The first-order chi connectivity index (χ1) is 13.0. The van der Waals surface area contributed by atoms with Gasteiger partial charge in [-0.05, 0) is 38.5 Å². The van der Waals surface area contributed by atoms with Crippen LogP contribution in [-0.2, 0) is 14.3 Å². The van der Waals surface area contributed by atoms with Crippen LogP contribution in [-0.4, -0.2) is 31.2 Å². The van der Waals surface area contributed by atoms with E-state index in [2.05, 4.69) is 5.32 Å². The van der Waals surface area contributed by atoms with Crippen molar-refractivity contribution in [3.8, 4) is 11.5 Å². The molecule has 1 N–H and O–H groups in total. The minimum absolute atomic E-state index is 0.186. The third-order valence-corrected chi connectivity index (χ3v) is 3.83. The molecule has 0 fully saturated rings. The van der Waals surface area contributed by atoms with Crippen LogP contribution in [0.25, 0.3) is 0 Å². The molecule has 2 unspecified atom stereocenters. The molecule has 0 aliphatic rings. The maximum absolute atomic E-state index is 12.2. The minimum atomic E-state index is -0.922. The molecule has 0 saturated heterocycles. The number of para-hydroxylation sites is 2. The van der Waals surface area contributed by atoms with Gasteiger partial charge in [0.15, 0.2) is 24.2 Å². The number of nitrogens with one attached hydrogen (secondary N) is 1. The summed E-state index contributed by atoms with van der Waals surface area (Å²) in [5.74, 6) is 0.00659. The van der Waals surface area contributed by atoms with Gasteiger partial charge in [-0.3, -0.25) is 4.79 Å². The van der Waals surface area contributed by atoms with E-state index in [1.165, 1.54) is 6.92 Å². The zero-order valence-corrected chi connectivity index (χ0v) is 15.8. The third kappa shape index (κ3) is 6.33. The molecule has 0 aliphatic heterocycles. The SMILES string of the molecule is CCOc1ccccc1OCC(=O)OC(C)C(=O)NC(C)c1ccccc1. The number of benzene rings is 2. The summed E-state index contributed by atoms with van der Waals surface area (Å²) >= 11 is 0. The lowest BCUT2D eigenvalue weighted by molar-refractivity contribution is -0.156. The molecular formula is C21H25NO5. The Labute approximate surface area is 159 Å². The van der Waals surface area contributed by atoms with Gasteiger partial charge in [0.2, 0.25) is 0 Å². The highest BCUT2D eigenvalue weighted by Gasteiger charge is 2.20. The number of rotatable bonds is 9. The van der Waals surface area contributed by atoms with Gasteiger partial charge < -0.3 is 19.5 Å². The average Bonchev–Trinajstić information content (AvgIpc) is 2.68. The summed E-state index contributed by atoms with van der Waals surface area (Å²) in [5.41, 5.74) is 0.972. The number of ether oxygens (including phenoxy) is 3. The van der Waals surface area contributed by atoms with E-state index >= 15 is 0 Å². The molecule has 6 heteroatoms. The molecular weight excluding hydrogens is 346 g/mol. The zero-order chi connectivity index (χ0) is 19.6. The fourth-order valence-electron chi connectivity index (χ4n) is 2.42. The number of hydrogen-bond donors (Lipinski definition) is 1. The summed E-state index contributed by atoms with van der Waals surface area (Å²) in [6.45, 7) is 5.44. The zero-order valence-electron chi connectivity index (χ0n) is 15.8. The Morgan fingerprint density at radius 3 is 2.15 bits per heavy atom. The van der Waals surface area contributed by atoms with Crippen LogP contribution >= 0.6 is 0 Å². The first-order valence-electron chi connectivity index (χ1n) is 8.90. The normalized spacial score (nSPS) is 12.6. The molecule has 27 heavy (non-hydrogen) atoms. The highest BCUT2D eigenvalue weighted by atomic mass is 16.6. The van der Waals surface area contributed by atoms with Crippen molar-refractivity contribution in [1.82, 2.24) is 5.32 Å². The Balaban J connectivity index is 1.82. The van der Waals surface area contributed by atoms with Crippen molar-refractivity contribution in [3.05, 3.63) is 60.2 Å². The van der Waals surface area contributed by atoms with Gasteiger partial charge in [-0.1, -0.05) is 42.5 Å². The van der Waals surface area contributed by atoms with Gasteiger partial charge in [0.25, 0.3) is 5.91 Å². The number of carbonyl (C=O) groups is 2. The summed E-state index contributed by atoms with van der Waals surface area (Å²) in [4.78, 5) is 24.2. The van der Waals surface area contributed by atoms with Crippen molar-refractivity contribution >= 4 is 11.9 Å². The largest absolute Gasteiger partial charge is 0.490 e. The Morgan fingerprint density at radius 1 is 0.926 bits per heavy atom. The second-order valence-corrected chi connectivity index (χ2v) is 5.94. The van der Waals surface area contributed by atoms with Crippen molar-refractivity contribution in [1.29, 1.82) is 0 Å². The maximum atomic E-state index is 12.2. The standard InChI is InChI=1S/C21H25NO5/c1-4-25-18-12-8-9-13-19(18)26-14-20(23)27-16(3)21(24)22-15(2)17-10-6-5-7-11-17/h5-13,15-16H,4,14H2,1-3H3,(H,22,24). The first kappa shape index (κ1) is 20.3. The fourth-order valence-corrected chi connectivity index (χ4v) is 2.42. The molecule has 0 spiro atoms. The van der Waals surface area contributed by atoms with Crippen LogP contribution in [0.4, 0.5) is 0 Å². The lowest BCUT2D eigenvalue weighted by Gasteiger charge is -2.18. The molecule has 0 aliphatic carbocycles. The average molecular weight is 371 g/mol. The lowest BCUT2D eigenvalue weighted by atomic mass is 10.1. The van der Waals surface area contributed by atoms with Crippen LogP contribution in [0.3, 0.4) is 0 Å². The van der Waals surface area contributed by atoms with Crippen LogP contribution in [0, 0.1) is 0 Å². The van der Waals surface area contributed by atoms with Gasteiger partial charge in [0.05, 0.1) is 12.6 Å². The number of carbonyl (C=O) groups excluding carboxylic acids is 2. The van der Waals surface area contributed by atoms with E-state index in [-0.39, 0.29) is 18.6 Å². The van der Waals surface area contributed by atoms with Gasteiger partial charge >= 0.3 is 5.97 Å². The molecule has 2 atom stereocenters. The van der Waals surface area contributed by atoms with Crippen LogP contribution in [0.2, 0.25) is 0 Å². The van der Waals surface area contributed by atoms with Crippen molar-refractivity contribution in [2.75, 3.05) is 13.2 Å². The quantitative estimate of drug-likeness (QED) is 0.685. The highest BCUT2D eigenvalue weighted by molar-refractivity contribution is 5.84. The molecule has 2 rings (SSSR count). The minimum Gasteiger partial charge on any atom is -0.490 e. The Bertz CT molecular complexity index is 747. The summed E-state index contributed by atoms with van der Waals surface area (Å²) in [5, 5.41) is 2.82. The second kappa shape index (κ2) is 10.2. The van der Waals surface area contributed by atoms with Gasteiger partial charge in [-0.2, -0.15) is 0 Å². The fraction of sp³-hybridized carbons (Fsp3) is 0.333. The molecule has 0 bridgehead atoms. The van der Waals surface area contributed by atoms with Gasteiger partial charge in [0.1, 0.15) is 0 Å². The summed E-state index contributed by atoms with van der Waals surface area (Å²) in [6, 6.07) is 16.4.